The average Bonchev–Trinajstić information content (AvgIpc) is 2.10. The van der Waals surface area contributed by atoms with Gasteiger partial charge in [0, 0.05) is 11.4 Å². The van der Waals surface area contributed by atoms with Crippen molar-refractivity contribution in [2.75, 3.05) is 0 Å². The number of aldehydes is 1. The smallest absolute Gasteiger partial charge is 0.122 e. The first-order chi connectivity index (χ1) is 6.15. The maximum atomic E-state index is 10.1. The molecule has 2 nitrogen and oxygen atoms in total. The minimum atomic E-state index is -0.740. The van der Waals surface area contributed by atoms with E-state index in [9.17, 15) is 9.90 Å². The van der Waals surface area contributed by atoms with Crippen LogP contribution in [0.15, 0.2) is 18.2 Å². The summed E-state index contributed by atoms with van der Waals surface area (Å²) in [5.74, 6) is 0. The Balaban J connectivity index is 2.89. The van der Waals surface area contributed by atoms with E-state index in [1.807, 2.05) is 13.0 Å². The van der Waals surface area contributed by atoms with Gasteiger partial charge in [0.15, 0.2) is 0 Å². The van der Waals surface area contributed by atoms with Crippen molar-refractivity contribution in [1.29, 1.82) is 0 Å². The van der Waals surface area contributed by atoms with E-state index in [1.165, 1.54) is 0 Å². The van der Waals surface area contributed by atoms with Gasteiger partial charge in [-0.15, -0.1) is 0 Å². The molecule has 0 bridgehead atoms. The van der Waals surface area contributed by atoms with Gasteiger partial charge in [-0.1, -0.05) is 23.7 Å². The van der Waals surface area contributed by atoms with E-state index in [-0.39, 0.29) is 6.42 Å². The molecule has 1 rings (SSSR count). The molecular formula is C10H11ClO2. The highest BCUT2D eigenvalue weighted by Gasteiger charge is 2.07. The van der Waals surface area contributed by atoms with Crippen LogP contribution in [0, 0.1) is 6.92 Å². The van der Waals surface area contributed by atoms with Gasteiger partial charge in [-0.2, -0.15) is 0 Å². The van der Waals surface area contributed by atoms with E-state index in [1.54, 1.807) is 12.1 Å². The highest BCUT2D eigenvalue weighted by atomic mass is 35.5. The lowest BCUT2D eigenvalue weighted by Crippen LogP contribution is -1.97. The van der Waals surface area contributed by atoms with Crippen LogP contribution in [0.4, 0.5) is 0 Å². The standard InChI is InChI=1S/C10H11ClO2/c1-7-2-3-8(6-9(7)11)10(13)4-5-12/h2-3,5-6,10,13H,4H2,1H3. The number of carbonyl (C=O) groups excluding carboxylic acids is 1. The van der Waals surface area contributed by atoms with E-state index >= 15 is 0 Å². The fourth-order valence-electron chi connectivity index (χ4n) is 1.04. The lowest BCUT2D eigenvalue weighted by molar-refractivity contribution is -0.109. The monoisotopic (exact) mass is 198 g/mol. The number of aryl methyl sites for hydroxylation is 1. The summed E-state index contributed by atoms with van der Waals surface area (Å²) in [4.78, 5) is 10.1. The Kier molecular flexibility index (Phi) is 3.46. The third kappa shape index (κ3) is 2.54. The number of rotatable bonds is 3. The van der Waals surface area contributed by atoms with Crippen LogP contribution in [-0.2, 0) is 4.79 Å². The second-order valence-corrected chi connectivity index (χ2v) is 3.33. The molecule has 13 heavy (non-hydrogen) atoms. The quantitative estimate of drug-likeness (QED) is 0.757. The summed E-state index contributed by atoms with van der Waals surface area (Å²) in [7, 11) is 0. The summed E-state index contributed by atoms with van der Waals surface area (Å²) >= 11 is 5.86. The van der Waals surface area contributed by atoms with E-state index in [4.69, 9.17) is 11.6 Å². The van der Waals surface area contributed by atoms with Gasteiger partial charge in [0.05, 0.1) is 6.10 Å². The largest absolute Gasteiger partial charge is 0.388 e. The van der Waals surface area contributed by atoms with Crippen LogP contribution >= 0.6 is 11.6 Å². The zero-order valence-electron chi connectivity index (χ0n) is 7.33. The molecule has 1 aromatic rings. The Labute approximate surface area is 82.2 Å². The van der Waals surface area contributed by atoms with E-state index in [0.717, 1.165) is 5.56 Å². The maximum Gasteiger partial charge on any atom is 0.122 e. The van der Waals surface area contributed by atoms with E-state index < -0.39 is 6.10 Å². The predicted octanol–water partition coefficient (Wildman–Crippen LogP) is 2.27. The van der Waals surface area contributed by atoms with Crippen LogP contribution < -0.4 is 0 Å². The van der Waals surface area contributed by atoms with E-state index in [0.29, 0.717) is 16.9 Å². The summed E-state index contributed by atoms with van der Waals surface area (Å²) in [5.41, 5.74) is 1.64. The molecule has 0 amide bonds. The number of aliphatic hydroxyl groups is 1. The summed E-state index contributed by atoms with van der Waals surface area (Å²) in [5, 5.41) is 10.1. The molecule has 0 heterocycles. The highest BCUT2D eigenvalue weighted by Crippen LogP contribution is 2.22. The Morgan fingerprint density at radius 2 is 2.31 bits per heavy atom. The topological polar surface area (TPSA) is 37.3 Å². The fourth-order valence-corrected chi connectivity index (χ4v) is 1.23. The molecule has 0 aliphatic rings. The fraction of sp³-hybridized carbons (Fsp3) is 0.300. The summed E-state index contributed by atoms with van der Waals surface area (Å²) in [6.07, 6.45) is 0.0632. The van der Waals surface area contributed by atoms with Gasteiger partial charge >= 0.3 is 0 Å². The first-order valence-electron chi connectivity index (χ1n) is 4.03. The second-order valence-electron chi connectivity index (χ2n) is 2.93. The molecule has 0 saturated heterocycles. The average molecular weight is 199 g/mol. The van der Waals surface area contributed by atoms with Crippen molar-refractivity contribution in [1.82, 2.24) is 0 Å². The number of hydrogen-bond acceptors (Lipinski definition) is 2. The molecule has 70 valence electrons. The van der Waals surface area contributed by atoms with Gasteiger partial charge in [0.25, 0.3) is 0 Å². The van der Waals surface area contributed by atoms with Crippen molar-refractivity contribution in [3.63, 3.8) is 0 Å². The Bertz CT molecular complexity index is 310. The molecule has 0 radical (unpaired) electrons. The molecule has 1 unspecified atom stereocenters. The van der Waals surface area contributed by atoms with Crippen LogP contribution in [-0.4, -0.2) is 11.4 Å². The van der Waals surface area contributed by atoms with Crippen molar-refractivity contribution in [3.8, 4) is 0 Å². The normalized spacial score (nSPS) is 12.5. The van der Waals surface area contributed by atoms with Crippen molar-refractivity contribution in [2.24, 2.45) is 0 Å². The van der Waals surface area contributed by atoms with Crippen molar-refractivity contribution in [2.45, 2.75) is 19.4 Å². The zero-order valence-corrected chi connectivity index (χ0v) is 8.08. The van der Waals surface area contributed by atoms with Gasteiger partial charge in [-0.25, -0.2) is 0 Å². The van der Waals surface area contributed by atoms with Gasteiger partial charge in [-0.05, 0) is 24.1 Å². The molecule has 0 fully saturated rings. The molecule has 0 aliphatic heterocycles. The van der Waals surface area contributed by atoms with Gasteiger partial charge < -0.3 is 9.90 Å². The van der Waals surface area contributed by atoms with Crippen LogP contribution in [0.3, 0.4) is 0 Å². The van der Waals surface area contributed by atoms with Gasteiger partial charge in [0.1, 0.15) is 6.29 Å². The zero-order chi connectivity index (χ0) is 9.84. The van der Waals surface area contributed by atoms with Crippen LogP contribution in [0.2, 0.25) is 5.02 Å². The van der Waals surface area contributed by atoms with Crippen LogP contribution in [0.25, 0.3) is 0 Å². The summed E-state index contributed by atoms with van der Waals surface area (Å²) in [6, 6.07) is 5.28. The Morgan fingerprint density at radius 3 is 2.85 bits per heavy atom. The summed E-state index contributed by atoms with van der Waals surface area (Å²) in [6.45, 7) is 1.89. The predicted molar refractivity (Wildman–Crippen MR) is 51.8 cm³/mol. The van der Waals surface area contributed by atoms with Crippen LogP contribution in [0.1, 0.15) is 23.7 Å². The molecule has 1 atom stereocenters. The third-order valence-corrected chi connectivity index (χ3v) is 2.31. The molecule has 1 aromatic carbocycles. The lowest BCUT2D eigenvalue weighted by atomic mass is 10.1. The highest BCUT2D eigenvalue weighted by molar-refractivity contribution is 6.31. The third-order valence-electron chi connectivity index (χ3n) is 1.90. The minimum absolute atomic E-state index is 0.111. The maximum absolute atomic E-state index is 10.1. The minimum Gasteiger partial charge on any atom is -0.388 e. The molecule has 1 N–H and O–H groups in total. The molecular weight excluding hydrogens is 188 g/mol. The number of benzene rings is 1. The lowest BCUT2D eigenvalue weighted by Gasteiger charge is -2.08. The first kappa shape index (κ1) is 10.2. The second kappa shape index (κ2) is 4.40. The molecule has 0 aromatic heterocycles. The molecule has 3 heteroatoms. The molecule has 0 saturated carbocycles. The first-order valence-corrected chi connectivity index (χ1v) is 4.40. The molecule has 0 spiro atoms. The number of aliphatic hydroxyl groups excluding tert-OH is 1. The van der Waals surface area contributed by atoms with Gasteiger partial charge in [-0.3, -0.25) is 0 Å². The number of hydrogen-bond donors (Lipinski definition) is 1. The van der Waals surface area contributed by atoms with Crippen molar-refractivity contribution < 1.29 is 9.90 Å². The number of halogens is 1. The van der Waals surface area contributed by atoms with Gasteiger partial charge in [0.2, 0.25) is 0 Å². The SMILES string of the molecule is Cc1ccc(C(O)CC=O)cc1Cl. The van der Waals surface area contributed by atoms with Crippen molar-refractivity contribution in [3.05, 3.63) is 34.3 Å². The Hall–Kier alpha value is -0.860. The van der Waals surface area contributed by atoms with E-state index in [2.05, 4.69) is 0 Å². The Morgan fingerprint density at radius 1 is 1.62 bits per heavy atom. The number of carbonyl (C=O) groups is 1. The molecule has 0 aliphatic carbocycles. The summed E-state index contributed by atoms with van der Waals surface area (Å²) < 4.78 is 0. The van der Waals surface area contributed by atoms with Crippen molar-refractivity contribution >= 4 is 17.9 Å². The van der Waals surface area contributed by atoms with Crippen LogP contribution in [0.5, 0.6) is 0 Å².